The minimum atomic E-state index is -1.21. The van der Waals surface area contributed by atoms with Crippen molar-refractivity contribution in [2.75, 3.05) is 0 Å². The maximum atomic E-state index is 13.9. The Balaban J connectivity index is 1.70. The summed E-state index contributed by atoms with van der Waals surface area (Å²) in [6.45, 7) is -0.255. The molecule has 0 bridgehead atoms. The smallest absolute Gasteiger partial charge is 0.329 e. The van der Waals surface area contributed by atoms with Gasteiger partial charge >= 0.3 is 5.69 Å². The van der Waals surface area contributed by atoms with Crippen LogP contribution in [-0.2, 0) is 11.3 Å². The highest BCUT2D eigenvalue weighted by Crippen LogP contribution is 2.27. The Morgan fingerprint density at radius 2 is 1.81 bits per heavy atom. The Bertz CT molecular complexity index is 1330. The molecule has 160 valence electrons. The summed E-state index contributed by atoms with van der Waals surface area (Å²) in [7, 11) is 0. The van der Waals surface area contributed by atoms with E-state index in [1.54, 1.807) is 0 Å². The summed E-state index contributed by atoms with van der Waals surface area (Å²) < 4.78 is 41.4. The highest BCUT2D eigenvalue weighted by molar-refractivity contribution is 5.82. The van der Waals surface area contributed by atoms with Crippen LogP contribution >= 0.6 is 0 Å². The zero-order valence-corrected chi connectivity index (χ0v) is 16.3. The highest BCUT2D eigenvalue weighted by Gasteiger charge is 2.27. The number of carbonyl (C=O) groups is 1. The van der Waals surface area contributed by atoms with Crippen LogP contribution < -0.4 is 16.6 Å². The molecule has 0 saturated heterocycles. The first-order valence-corrected chi connectivity index (χ1v) is 9.67. The van der Waals surface area contributed by atoms with Crippen molar-refractivity contribution in [2.45, 2.75) is 31.8 Å². The van der Waals surface area contributed by atoms with Gasteiger partial charge in [-0.15, -0.1) is 0 Å². The van der Waals surface area contributed by atoms with Gasteiger partial charge in [0.2, 0.25) is 5.91 Å². The molecule has 3 aromatic rings. The number of carbonyl (C=O) groups excluding carboxylic acids is 1. The normalized spacial score (nSPS) is 14.1. The first-order valence-electron chi connectivity index (χ1n) is 9.67. The molecule has 31 heavy (non-hydrogen) atoms. The summed E-state index contributed by atoms with van der Waals surface area (Å²) in [4.78, 5) is 41.1. The van der Waals surface area contributed by atoms with E-state index in [1.807, 2.05) is 6.08 Å². The number of nitrogens with zero attached hydrogens (tertiary/aromatic N) is 1. The largest absolute Gasteiger partial charge is 0.350 e. The quantitative estimate of drug-likeness (QED) is 0.591. The molecule has 1 unspecified atom stereocenters. The molecule has 1 amide bonds. The molecule has 1 aromatic heterocycles. The van der Waals surface area contributed by atoms with E-state index in [-0.39, 0.29) is 29.4 Å². The van der Waals surface area contributed by atoms with Crippen LogP contribution in [0.25, 0.3) is 10.9 Å². The lowest BCUT2D eigenvalue weighted by Gasteiger charge is -2.23. The van der Waals surface area contributed by atoms with E-state index in [4.69, 9.17) is 0 Å². The van der Waals surface area contributed by atoms with Crippen LogP contribution in [0.4, 0.5) is 13.2 Å². The summed E-state index contributed by atoms with van der Waals surface area (Å²) >= 11 is 0. The number of aromatic nitrogens is 2. The van der Waals surface area contributed by atoms with Gasteiger partial charge in [-0.05, 0) is 43.5 Å². The number of benzene rings is 2. The molecule has 6 nitrogen and oxygen atoms in total. The minimum absolute atomic E-state index is 0.0539. The highest BCUT2D eigenvalue weighted by atomic mass is 19.1. The van der Waals surface area contributed by atoms with Crippen molar-refractivity contribution in [3.05, 3.63) is 91.9 Å². The molecule has 0 aliphatic heterocycles. The second-order valence-electron chi connectivity index (χ2n) is 7.37. The maximum absolute atomic E-state index is 13.9. The third-order valence-electron chi connectivity index (χ3n) is 5.33. The molecule has 1 aliphatic carbocycles. The second kappa shape index (κ2) is 8.25. The number of halogens is 3. The van der Waals surface area contributed by atoms with Gasteiger partial charge in [0.15, 0.2) is 0 Å². The number of hydrogen-bond acceptors (Lipinski definition) is 3. The van der Waals surface area contributed by atoms with Crippen molar-refractivity contribution < 1.29 is 18.0 Å². The Hall–Kier alpha value is -3.62. The molecule has 1 atom stereocenters. The van der Waals surface area contributed by atoms with Gasteiger partial charge in [-0.2, -0.15) is 0 Å². The van der Waals surface area contributed by atoms with Crippen molar-refractivity contribution in [1.29, 1.82) is 0 Å². The molecule has 2 aromatic carbocycles. The molecule has 9 heteroatoms. The Morgan fingerprint density at radius 1 is 1.10 bits per heavy atom. The summed E-state index contributed by atoms with van der Waals surface area (Å²) in [6, 6.07) is 5.14. The first-order chi connectivity index (χ1) is 14.8. The van der Waals surface area contributed by atoms with Crippen molar-refractivity contribution >= 4 is 16.8 Å². The van der Waals surface area contributed by atoms with E-state index < -0.39 is 40.6 Å². The number of rotatable bonds is 6. The molecular weight excluding hydrogens is 411 g/mol. The topological polar surface area (TPSA) is 84.0 Å². The van der Waals surface area contributed by atoms with Gasteiger partial charge in [-0.3, -0.25) is 9.59 Å². The number of allylic oxidation sites excluding steroid dienone is 2. The van der Waals surface area contributed by atoms with E-state index >= 15 is 0 Å². The summed E-state index contributed by atoms with van der Waals surface area (Å²) in [5, 5.41) is 2.44. The lowest BCUT2D eigenvalue weighted by atomic mass is 9.92. The molecule has 0 spiro atoms. The van der Waals surface area contributed by atoms with E-state index in [0.29, 0.717) is 6.07 Å². The number of H-pyrrole nitrogens is 1. The Labute approximate surface area is 174 Å². The molecular formula is C22H18F3N3O3. The maximum Gasteiger partial charge on any atom is 0.329 e. The summed E-state index contributed by atoms with van der Waals surface area (Å²) in [6.07, 6.45) is 3.57. The van der Waals surface area contributed by atoms with Crippen molar-refractivity contribution in [1.82, 2.24) is 14.9 Å². The van der Waals surface area contributed by atoms with Gasteiger partial charge in [0.1, 0.15) is 23.5 Å². The average Bonchev–Trinajstić information content (AvgIpc) is 2.68. The Morgan fingerprint density at radius 3 is 2.48 bits per heavy atom. The van der Waals surface area contributed by atoms with E-state index in [0.717, 1.165) is 41.2 Å². The van der Waals surface area contributed by atoms with Gasteiger partial charge in [0.05, 0.1) is 10.9 Å². The first kappa shape index (κ1) is 20.6. The second-order valence-corrected chi connectivity index (χ2v) is 7.37. The van der Waals surface area contributed by atoms with E-state index in [1.165, 1.54) is 12.1 Å². The summed E-state index contributed by atoms with van der Waals surface area (Å²) in [5.74, 6) is -2.91. The minimum Gasteiger partial charge on any atom is -0.350 e. The number of nitrogens with one attached hydrogen (secondary N) is 2. The van der Waals surface area contributed by atoms with Crippen molar-refractivity contribution in [2.24, 2.45) is 0 Å². The monoisotopic (exact) mass is 429 g/mol. The van der Waals surface area contributed by atoms with Crippen molar-refractivity contribution in [3.8, 4) is 0 Å². The lowest BCUT2D eigenvalue weighted by molar-refractivity contribution is -0.124. The third-order valence-corrected chi connectivity index (χ3v) is 5.33. The average molecular weight is 429 g/mol. The van der Waals surface area contributed by atoms with Crippen LogP contribution in [0.15, 0.2) is 57.6 Å². The lowest BCUT2D eigenvalue weighted by Crippen LogP contribution is -2.44. The SMILES string of the molecule is O=C(NCc1ccc(F)cc1F)C(CC1=CCC1)n1c(=O)[nH]c2ccc(F)cc2c1=O. The third kappa shape index (κ3) is 4.16. The molecule has 0 fully saturated rings. The van der Waals surface area contributed by atoms with Gasteiger partial charge in [0, 0.05) is 18.2 Å². The molecule has 1 heterocycles. The predicted octanol–water partition coefficient (Wildman–Crippen LogP) is 3.07. The number of hydrogen-bond donors (Lipinski definition) is 2. The van der Waals surface area contributed by atoms with Crippen LogP contribution in [0.3, 0.4) is 0 Å². The zero-order chi connectivity index (χ0) is 22.1. The predicted molar refractivity (Wildman–Crippen MR) is 108 cm³/mol. The fourth-order valence-electron chi connectivity index (χ4n) is 3.53. The fourth-order valence-corrected chi connectivity index (χ4v) is 3.53. The van der Waals surface area contributed by atoms with Crippen LogP contribution in [0, 0.1) is 17.5 Å². The van der Waals surface area contributed by atoms with Gasteiger partial charge < -0.3 is 10.3 Å². The van der Waals surface area contributed by atoms with E-state index in [2.05, 4.69) is 10.3 Å². The molecule has 0 radical (unpaired) electrons. The Kier molecular flexibility index (Phi) is 5.50. The van der Waals surface area contributed by atoms with Crippen LogP contribution in [0.5, 0.6) is 0 Å². The van der Waals surface area contributed by atoms with Gasteiger partial charge in [-0.25, -0.2) is 22.5 Å². The fraction of sp³-hybridized carbons (Fsp3) is 0.227. The number of aromatic amines is 1. The van der Waals surface area contributed by atoms with Gasteiger partial charge in [-0.1, -0.05) is 17.7 Å². The number of fused-ring (bicyclic) bond motifs is 1. The van der Waals surface area contributed by atoms with Crippen molar-refractivity contribution in [3.63, 3.8) is 0 Å². The molecule has 4 rings (SSSR count). The number of amides is 1. The van der Waals surface area contributed by atoms with Gasteiger partial charge in [0.25, 0.3) is 5.56 Å². The van der Waals surface area contributed by atoms with E-state index in [9.17, 15) is 27.6 Å². The van der Waals surface area contributed by atoms with Crippen LogP contribution in [0.1, 0.15) is 30.9 Å². The molecule has 2 N–H and O–H groups in total. The van der Waals surface area contributed by atoms with Crippen LogP contribution in [0.2, 0.25) is 0 Å². The zero-order valence-electron chi connectivity index (χ0n) is 16.3. The molecule has 0 saturated carbocycles. The summed E-state index contributed by atoms with van der Waals surface area (Å²) in [5.41, 5.74) is -0.497. The van der Waals surface area contributed by atoms with Crippen LogP contribution in [-0.4, -0.2) is 15.5 Å². The standard InChI is InChI=1S/C22H18F3N3O3/c23-14-6-7-18-16(9-14)21(30)28(22(31)27-18)19(8-12-2-1-3-12)20(29)26-11-13-4-5-15(24)10-17(13)25/h2,4-7,9-10,19H,1,3,8,11H2,(H,26,29)(H,27,31). The molecule has 1 aliphatic rings.